The van der Waals surface area contributed by atoms with E-state index < -0.39 is 23.7 Å². The number of imide groups is 1. The molecule has 44 heavy (non-hydrogen) atoms. The molecule has 2 saturated heterocycles. The van der Waals surface area contributed by atoms with Gasteiger partial charge in [0.15, 0.2) is 23.1 Å². The number of hydrogen-bond acceptors (Lipinski definition) is 8. The Bertz CT molecular complexity index is 1690. The second kappa shape index (κ2) is 11.2. The monoisotopic (exact) mass is 658 g/mol. The molecule has 0 spiro atoms. The molecule has 2 aromatic rings. The third kappa shape index (κ3) is 4.54. The Kier molecular flexibility index (Phi) is 7.29. The molecule has 2 amide bonds. The smallest absolute Gasteiger partial charge is 0.238 e. The standard InChI is InChI=1S/C34H31BrN2O7/c1-2-44-28-15-18(3-10-26(28)38)29-21-8-9-22-30(23(21)16-24-31(29)27(39)17-25(35)32(24)40)34(42)37(33(22)41)20-6-4-19(5-7-20)36-11-13-43-14-12-36/h3-8,10,15,17,22-23,29-30,38H,2,9,11-14,16H2,1H3/t22-,23+,29-,30-/m0/s1. The van der Waals surface area contributed by atoms with Gasteiger partial charge in [-0.1, -0.05) is 17.7 Å². The van der Waals surface area contributed by atoms with Gasteiger partial charge in [0.2, 0.25) is 11.8 Å². The summed E-state index contributed by atoms with van der Waals surface area (Å²) in [7, 11) is 0. The van der Waals surface area contributed by atoms with Gasteiger partial charge in [-0.25, -0.2) is 0 Å². The fourth-order valence-corrected chi connectivity index (χ4v) is 7.90. The van der Waals surface area contributed by atoms with Crippen LogP contribution in [0.3, 0.4) is 0 Å². The van der Waals surface area contributed by atoms with Gasteiger partial charge < -0.3 is 19.5 Å². The lowest BCUT2D eigenvalue weighted by Gasteiger charge is -2.42. The zero-order chi connectivity index (χ0) is 30.7. The molecule has 0 saturated carbocycles. The number of aromatic hydroxyl groups is 1. The van der Waals surface area contributed by atoms with E-state index in [4.69, 9.17) is 9.47 Å². The molecule has 0 radical (unpaired) electrons. The summed E-state index contributed by atoms with van der Waals surface area (Å²) in [5.74, 6) is -3.18. The molecule has 2 aliphatic heterocycles. The summed E-state index contributed by atoms with van der Waals surface area (Å²) >= 11 is 3.26. The summed E-state index contributed by atoms with van der Waals surface area (Å²) in [6.45, 7) is 5.00. The van der Waals surface area contributed by atoms with Crippen molar-refractivity contribution >= 4 is 50.7 Å². The lowest BCUT2D eigenvalue weighted by molar-refractivity contribution is -0.123. The number of amides is 2. The number of carbonyl (C=O) groups excluding carboxylic acids is 4. The van der Waals surface area contributed by atoms with Crippen molar-refractivity contribution < 1.29 is 33.8 Å². The number of allylic oxidation sites excluding steroid dienone is 6. The predicted molar refractivity (Wildman–Crippen MR) is 166 cm³/mol. The van der Waals surface area contributed by atoms with Crippen LogP contribution >= 0.6 is 15.9 Å². The molecule has 226 valence electrons. The molecule has 4 atom stereocenters. The fraction of sp³-hybridized carbons (Fsp3) is 0.353. The number of phenolic OH excluding ortho intramolecular Hbond substituents is 1. The lowest BCUT2D eigenvalue weighted by Crippen LogP contribution is -2.39. The number of nitrogens with zero attached hydrogens (tertiary/aromatic N) is 2. The number of ketones is 2. The maximum Gasteiger partial charge on any atom is 0.238 e. The van der Waals surface area contributed by atoms with Crippen LogP contribution in [0, 0.1) is 17.8 Å². The number of ether oxygens (including phenoxy) is 2. The molecule has 7 rings (SSSR count). The second-order valence-corrected chi connectivity index (χ2v) is 12.5. The van der Waals surface area contributed by atoms with Crippen molar-refractivity contribution in [2.45, 2.75) is 25.7 Å². The van der Waals surface area contributed by atoms with Gasteiger partial charge in [0.1, 0.15) is 0 Å². The maximum atomic E-state index is 14.2. The van der Waals surface area contributed by atoms with E-state index in [1.165, 1.54) is 17.0 Å². The first-order valence-electron chi connectivity index (χ1n) is 14.9. The van der Waals surface area contributed by atoms with Crippen LogP contribution in [0.5, 0.6) is 11.5 Å². The van der Waals surface area contributed by atoms with Crippen molar-refractivity contribution in [3.05, 3.63) is 81.4 Å². The summed E-state index contributed by atoms with van der Waals surface area (Å²) in [6.07, 6.45) is 3.82. The molecule has 2 aromatic carbocycles. The van der Waals surface area contributed by atoms with Crippen LogP contribution in [0.1, 0.15) is 31.2 Å². The molecular weight excluding hydrogens is 628 g/mol. The number of Topliss-reactive ketones (excluding diaryl/α,β-unsaturated/α-hetero) is 1. The number of fused-ring (bicyclic) bond motifs is 3. The molecule has 9 nitrogen and oxygen atoms in total. The van der Waals surface area contributed by atoms with Crippen LogP contribution in [0.15, 0.2) is 75.8 Å². The van der Waals surface area contributed by atoms with Crippen molar-refractivity contribution in [2.75, 3.05) is 42.7 Å². The Morgan fingerprint density at radius 2 is 1.70 bits per heavy atom. The number of halogens is 1. The second-order valence-electron chi connectivity index (χ2n) is 11.7. The van der Waals surface area contributed by atoms with Crippen LogP contribution in [-0.4, -0.2) is 61.4 Å². The largest absolute Gasteiger partial charge is 0.504 e. The quantitative estimate of drug-likeness (QED) is 0.282. The Balaban J connectivity index is 1.27. The molecule has 2 heterocycles. The van der Waals surface area contributed by atoms with E-state index in [1.807, 2.05) is 37.3 Å². The first kappa shape index (κ1) is 28.7. The average molecular weight is 660 g/mol. The Hall–Kier alpha value is -4.02. The van der Waals surface area contributed by atoms with E-state index in [0.29, 0.717) is 48.6 Å². The molecule has 10 heteroatoms. The lowest BCUT2D eigenvalue weighted by atomic mass is 9.59. The van der Waals surface area contributed by atoms with Crippen LogP contribution in [-0.2, 0) is 23.9 Å². The first-order valence-corrected chi connectivity index (χ1v) is 15.7. The predicted octanol–water partition coefficient (Wildman–Crippen LogP) is 4.59. The van der Waals surface area contributed by atoms with Crippen molar-refractivity contribution in [1.29, 1.82) is 0 Å². The minimum absolute atomic E-state index is 0.0321. The van der Waals surface area contributed by atoms with Gasteiger partial charge in [0.25, 0.3) is 0 Å². The highest BCUT2D eigenvalue weighted by Gasteiger charge is 2.56. The van der Waals surface area contributed by atoms with Crippen molar-refractivity contribution in [2.24, 2.45) is 17.8 Å². The SMILES string of the molecule is CCOc1cc([C@H]2C3=CC[C@@H]4C(=O)N(c5ccc(N6CCOCC6)cc5)C(=O)[C@@H]4[C@@H]3CC3=C2C(=O)C=C(Br)C3=O)ccc1O. The van der Waals surface area contributed by atoms with Crippen molar-refractivity contribution in [3.63, 3.8) is 0 Å². The zero-order valence-corrected chi connectivity index (χ0v) is 25.7. The molecule has 2 fully saturated rings. The van der Waals surface area contributed by atoms with Crippen molar-refractivity contribution in [1.82, 2.24) is 0 Å². The van der Waals surface area contributed by atoms with Crippen LogP contribution < -0.4 is 14.5 Å². The third-order valence-electron chi connectivity index (χ3n) is 9.43. The van der Waals surface area contributed by atoms with Crippen LogP contribution in [0.4, 0.5) is 11.4 Å². The van der Waals surface area contributed by atoms with Gasteiger partial charge in [-0.2, -0.15) is 0 Å². The Morgan fingerprint density at radius 3 is 2.43 bits per heavy atom. The summed E-state index contributed by atoms with van der Waals surface area (Å²) < 4.78 is 11.3. The van der Waals surface area contributed by atoms with Gasteiger partial charge in [-0.05, 0) is 83.6 Å². The molecule has 5 aliphatic rings. The average Bonchev–Trinajstić information content (AvgIpc) is 3.30. The first-order chi connectivity index (χ1) is 21.3. The van der Waals surface area contributed by atoms with Gasteiger partial charge in [0, 0.05) is 41.9 Å². The van der Waals surface area contributed by atoms with Crippen LogP contribution in [0.2, 0.25) is 0 Å². The van der Waals surface area contributed by atoms with Crippen molar-refractivity contribution in [3.8, 4) is 11.5 Å². The summed E-state index contributed by atoms with van der Waals surface area (Å²) in [5.41, 5.74) is 3.78. The highest BCUT2D eigenvalue weighted by atomic mass is 79.9. The number of morpholine rings is 1. The van der Waals surface area contributed by atoms with Gasteiger partial charge >= 0.3 is 0 Å². The molecule has 1 N–H and O–H groups in total. The molecular formula is C34H31BrN2O7. The van der Waals surface area contributed by atoms with Gasteiger partial charge in [0.05, 0.1) is 41.8 Å². The normalized spacial score (nSPS) is 26.7. The highest BCUT2D eigenvalue weighted by Crippen LogP contribution is 2.56. The van der Waals surface area contributed by atoms with Crippen LogP contribution in [0.25, 0.3) is 0 Å². The van der Waals surface area contributed by atoms with Gasteiger partial charge in [-0.15, -0.1) is 0 Å². The Morgan fingerprint density at radius 1 is 0.977 bits per heavy atom. The zero-order valence-electron chi connectivity index (χ0n) is 24.1. The number of phenols is 1. The third-order valence-corrected chi connectivity index (χ3v) is 10.0. The highest BCUT2D eigenvalue weighted by molar-refractivity contribution is 9.12. The number of anilines is 2. The Labute approximate surface area is 262 Å². The van der Waals surface area contributed by atoms with E-state index in [9.17, 15) is 24.3 Å². The molecule has 0 aromatic heterocycles. The number of benzene rings is 2. The summed E-state index contributed by atoms with van der Waals surface area (Å²) in [6, 6.07) is 12.4. The van der Waals surface area contributed by atoms with E-state index >= 15 is 0 Å². The number of hydrogen-bond donors (Lipinski definition) is 1. The van der Waals surface area contributed by atoms with Gasteiger partial charge in [-0.3, -0.25) is 24.1 Å². The topological polar surface area (TPSA) is 113 Å². The maximum absolute atomic E-state index is 14.2. The fourth-order valence-electron chi connectivity index (χ4n) is 7.46. The minimum Gasteiger partial charge on any atom is -0.504 e. The molecule has 0 bridgehead atoms. The van der Waals surface area contributed by atoms with E-state index in [0.717, 1.165) is 24.4 Å². The van der Waals surface area contributed by atoms with E-state index in [-0.39, 0.29) is 45.8 Å². The minimum atomic E-state index is -0.672. The number of rotatable bonds is 5. The molecule has 3 aliphatic carbocycles. The summed E-state index contributed by atoms with van der Waals surface area (Å²) in [5, 5.41) is 10.4. The van der Waals surface area contributed by atoms with E-state index in [1.54, 1.807) is 12.1 Å². The number of carbonyl (C=O) groups is 4. The molecule has 0 unspecified atom stereocenters. The summed E-state index contributed by atoms with van der Waals surface area (Å²) in [4.78, 5) is 58.5. The van der Waals surface area contributed by atoms with E-state index in [2.05, 4.69) is 20.8 Å².